The van der Waals surface area contributed by atoms with Gasteiger partial charge in [-0.25, -0.2) is 0 Å². The van der Waals surface area contributed by atoms with Crippen LogP contribution in [0.3, 0.4) is 0 Å². The number of rotatable bonds is 6. The van der Waals surface area contributed by atoms with E-state index >= 15 is 0 Å². The molecular weight excluding hydrogens is 366 g/mol. The topological polar surface area (TPSA) is 130 Å². The van der Waals surface area contributed by atoms with Gasteiger partial charge in [0, 0.05) is 8.75 Å². The Morgan fingerprint density at radius 2 is 2.07 bits per heavy atom. The fourth-order valence-corrected chi connectivity index (χ4v) is 3.24. The van der Waals surface area contributed by atoms with Crippen molar-refractivity contribution in [3.8, 4) is 11.8 Å². The van der Waals surface area contributed by atoms with Gasteiger partial charge in [-0.1, -0.05) is 13.0 Å². The quantitative estimate of drug-likeness (QED) is 0.423. The first-order valence-electron chi connectivity index (χ1n) is 8.35. The number of furan rings is 1. The molecule has 0 saturated heterocycles. The van der Waals surface area contributed by atoms with Gasteiger partial charge in [0.15, 0.2) is 16.9 Å². The van der Waals surface area contributed by atoms with Crippen molar-refractivity contribution in [2.75, 3.05) is 10.6 Å². The lowest BCUT2D eigenvalue weighted by Crippen LogP contribution is -2.10. The number of phenols is 1. The minimum atomic E-state index is -1.77. The molecule has 0 spiro atoms. The predicted octanol–water partition coefficient (Wildman–Crippen LogP) is 4.30. The molecule has 0 bridgehead atoms. The van der Waals surface area contributed by atoms with Gasteiger partial charge in [0.1, 0.15) is 17.6 Å². The van der Waals surface area contributed by atoms with Gasteiger partial charge in [-0.15, -0.1) is 0 Å². The van der Waals surface area contributed by atoms with Crippen molar-refractivity contribution in [2.45, 2.75) is 33.2 Å². The van der Waals surface area contributed by atoms with E-state index in [2.05, 4.69) is 19.4 Å². The molecule has 8 nitrogen and oxygen atoms in total. The van der Waals surface area contributed by atoms with Crippen molar-refractivity contribution >= 4 is 28.5 Å². The molecule has 9 heteroatoms. The van der Waals surface area contributed by atoms with Crippen LogP contribution in [0.4, 0.5) is 17.3 Å². The molecule has 0 aliphatic rings. The van der Waals surface area contributed by atoms with Crippen LogP contribution in [0.15, 0.2) is 28.7 Å². The second kappa shape index (κ2) is 7.65. The van der Waals surface area contributed by atoms with E-state index in [1.54, 1.807) is 12.1 Å². The van der Waals surface area contributed by atoms with E-state index in [-0.39, 0.29) is 28.9 Å². The lowest BCUT2D eigenvalue weighted by Gasteiger charge is -2.14. The van der Waals surface area contributed by atoms with Gasteiger partial charge >= 0.3 is 0 Å². The van der Waals surface area contributed by atoms with E-state index in [1.807, 2.05) is 32.9 Å². The number of nitrogens with zero attached hydrogens (tertiary/aromatic N) is 3. The maximum absolute atomic E-state index is 11.8. The van der Waals surface area contributed by atoms with E-state index in [0.29, 0.717) is 12.2 Å². The molecule has 2 atom stereocenters. The van der Waals surface area contributed by atoms with Crippen molar-refractivity contribution in [3.05, 3.63) is 46.9 Å². The fraction of sp³-hybridized carbons (Fsp3) is 0.278. The molecule has 0 radical (unpaired) electrons. The Balaban J connectivity index is 1.89. The zero-order valence-electron chi connectivity index (χ0n) is 15.1. The summed E-state index contributed by atoms with van der Waals surface area (Å²) in [5, 5.41) is 25.3. The molecule has 3 aromatic rings. The molecule has 3 N–H and O–H groups in total. The fourth-order valence-electron chi connectivity index (χ4n) is 2.61. The summed E-state index contributed by atoms with van der Waals surface area (Å²) in [6.07, 6.45) is 0.709. The highest BCUT2D eigenvalue weighted by Gasteiger charge is 2.23. The minimum Gasteiger partial charge on any atom is -0.546 e. The number of hydrogen-bond acceptors (Lipinski definition) is 8. The number of benzene rings is 1. The normalized spacial score (nSPS) is 12.5. The highest BCUT2D eigenvalue weighted by Crippen LogP contribution is 2.35. The summed E-state index contributed by atoms with van der Waals surface area (Å²) in [5.74, 6) is 1.91. The maximum Gasteiger partial charge on any atom is 0.237 e. The summed E-state index contributed by atoms with van der Waals surface area (Å²) in [6, 6.07) is 8.39. The predicted molar refractivity (Wildman–Crippen MR) is 102 cm³/mol. The molecule has 1 aromatic carbocycles. The number of aromatic nitrogens is 2. The molecule has 140 valence electrons. The third-order valence-electron chi connectivity index (χ3n) is 4.22. The van der Waals surface area contributed by atoms with Crippen LogP contribution in [-0.4, -0.2) is 18.4 Å². The third kappa shape index (κ3) is 3.86. The first-order valence-corrected chi connectivity index (χ1v) is 9.41. The summed E-state index contributed by atoms with van der Waals surface area (Å²) in [7, 11) is 0. The van der Waals surface area contributed by atoms with Crippen molar-refractivity contribution in [1.29, 1.82) is 5.26 Å². The monoisotopic (exact) mass is 385 g/mol. The van der Waals surface area contributed by atoms with E-state index in [1.165, 1.54) is 6.07 Å². The zero-order valence-corrected chi connectivity index (χ0v) is 15.9. The Morgan fingerprint density at radius 1 is 1.33 bits per heavy atom. The van der Waals surface area contributed by atoms with Crippen LogP contribution in [0.25, 0.3) is 0 Å². The second-order valence-corrected chi connectivity index (χ2v) is 6.87. The lowest BCUT2D eigenvalue weighted by molar-refractivity contribution is 0.451. The Kier molecular flexibility index (Phi) is 5.30. The minimum absolute atomic E-state index is 0.124. The van der Waals surface area contributed by atoms with Crippen LogP contribution in [0.5, 0.6) is 5.75 Å². The van der Waals surface area contributed by atoms with Crippen LogP contribution in [0.2, 0.25) is 0 Å². The van der Waals surface area contributed by atoms with Crippen LogP contribution >= 0.6 is 11.1 Å². The zero-order chi connectivity index (χ0) is 19.6. The summed E-state index contributed by atoms with van der Waals surface area (Å²) in [6.45, 7) is 5.85. The summed E-state index contributed by atoms with van der Waals surface area (Å²) in [5.41, 5.74) is 1.45. The summed E-state index contributed by atoms with van der Waals surface area (Å²) >= 11 is -1.77. The smallest absolute Gasteiger partial charge is 0.237 e. The number of aryl methyl sites for hydroxylation is 2. The Labute approximate surface area is 159 Å². The molecule has 3 rings (SSSR count). The average Bonchev–Trinajstić information content (AvgIpc) is 3.16. The van der Waals surface area contributed by atoms with Crippen LogP contribution in [0, 0.1) is 25.2 Å². The molecule has 0 amide bonds. The van der Waals surface area contributed by atoms with Gasteiger partial charge in [-0.2, -0.15) is 5.26 Å². The molecule has 2 aromatic heterocycles. The number of aromatic hydroxyl groups is 1. The van der Waals surface area contributed by atoms with Crippen molar-refractivity contribution in [2.24, 2.45) is 0 Å². The Morgan fingerprint density at radius 3 is 2.70 bits per heavy atom. The highest BCUT2D eigenvalue weighted by atomic mass is 32.2. The van der Waals surface area contributed by atoms with E-state index < -0.39 is 11.1 Å². The molecule has 2 heterocycles. The van der Waals surface area contributed by atoms with Gasteiger partial charge in [0.25, 0.3) is 0 Å². The van der Waals surface area contributed by atoms with E-state index in [0.717, 1.165) is 17.1 Å². The number of nitriles is 1. The lowest BCUT2D eigenvalue weighted by atomic mass is 10.1. The standard InChI is InChI=1S/C18H19N5O3S/c1-4-13(15-8-10(2)11(3)26-15)20-17-18(23-27(25)22-17)21-14-7-5-6-12(9-19)16(14)24/h5-8,13,24H,4H2,1-3H3,(H,20,22)(H,21,23)/t13-,27?/m1/s1. The Hall–Kier alpha value is -3.09. The van der Waals surface area contributed by atoms with Gasteiger partial charge in [-0.05, 0) is 44.0 Å². The maximum atomic E-state index is 11.8. The first kappa shape index (κ1) is 18.7. The number of nitrogens with one attached hydrogen (secondary N) is 2. The SMILES string of the molecule is CC[C@@H](Nc1n[s+]([O-])nc1Nc1cccc(C#N)c1O)c1cc(C)c(C)o1. The number of anilines is 3. The van der Waals surface area contributed by atoms with Gasteiger partial charge in [-0.3, -0.25) is 0 Å². The largest absolute Gasteiger partial charge is 0.546 e. The Bertz CT molecular complexity index is 986. The van der Waals surface area contributed by atoms with Gasteiger partial charge < -0.3 is 24.7 Å². The summed E-state index contributed by atoms with van der Waals surface area (Å²) < 4.78 is 25.6. The molecule has 27 heavy (non-hydrogen) atoms. The summed E-state index contributed by atoms with van der Waals surface area (Å²) in [4.78, 5) is 0. The average molecular weight is 385 g/mol. The van der Waals surface area contributed by atoms with Crippen molar-refractivity contribution in [1.82, 2.24) is 8.75 Å². The molecular formula is C18H19N5O3S. The first-order chi connectivity index (χ1) is 12.9. The number of hydrogen-bond donors (Lipinski definition) is 3. The van der Waals surface area contributed by atoms with E-state index in [9.17, 15) is 9.66 Å². The van der Waals surface area contributed by atoms with Crippen LogP contribution < -0.4 is 10.6 Å². The number of para-hydroxylation sites is 1. The number of phenolic OH excluding ortho intramolecular Hbond substituents is 1. The molecule has 0 aliphatic carbocycles. The van der Waals surface area contributed by atoms with Crippen LogP contribution in [-0.2, 0) is 0 Å². The van der Waals surface area contributed by atoms with Gasteiger partial charge in [0.05, 0.1) is 17.3 Å². The third-order valence-corrected chi connectivity index (χ3v) is 4.90. The highest BCUT2D eigenvalue weighted by molar-refractivity contribution is 7.14. The van der Waals surface area contributed by atoms with Gasteiger partial charge in [0.2, 0.25) is 11.6 Å². The molecule has 0 saturated carbocycles. The van der Waals surface area contributed by atoms with Crippen molar-refractivity contribution in [3.63, 3.8) is 0 Å². The van der Waals surface area contributed by atoms with Crippen LogP contribution in [0.1, 0.15) is 42.0 Å². The molecule has 0 fully saturated rings. The molecule has 0 aliphatic heterocycles. The second-order valence-electron chi connectivity index (χ2n) is 6.04. The van der Waals surface area contributed by atoms with Crippen molar-refractivity contribution < 1.29 is 14.1 Å². The van der Waals surface area contributed by atoms with E-state index in [4.69, 9.17) is 9.68 Å². The molecule has 1 unspecified atom stereocenters.